The fraction of sp³-hybridized carbons (Fsp3) is 0.571. The van der Waals surface area contributed by atoms with Crippen LogP contribution in [0.4, 0.5) is 0 Å². The third kappa shape index (κ3) is 5.41. The van der Waals surface area contributed by atoms with Crippen LogP contribution in [0.5, 0.6) is 0 Å². The second-order valence-electron chi connectivity index (χ2n) is 1.52. The maximum Gasteiger partial charge on any atom is 0.0419 e. The van der Waals surface area contributed by atoms with E-state index in [1.54, 1.807) is 0 Å². The van der Waals surface area contributed by atoms with Gasteiger partial charge in [-0.15, -0.1) is 0 Å². The number of hydrogen-bond donors (Lipinski definition) is 0. The van der Waals surface area contributed by atoms with Gasteiger partial charge in [-0.2, -0.15) is 0 Å². The molecular formula is C7H13N. The first-order chi connectivity index (χ1) is 3.91. The third-order valence-electron chi connectivity index (χ3n) is 0.843. The molecule has 0 aromatic carbocycles. The monoisotopic (exact) mass is 111 g/mol. The molecule has 0 aliphatic carbocycles. The fourth-order valence-corrected chi connectivity index (χ4v) is 0.445. The Morgan fingerprint density at radius 3 is 2.62 bits per heavy atom. The summed E-state index contributed by atoms with van der Waals surface area (Å²) in [5, 5.41) is 0. The highest BCUT2D eigenvalue weighted by atomic mass is 14.7. The lowest BCUT2D eigenvalue weighted by molar-refractivity contribution is 1.01. The van der Waals surface area contributed by atoms with E-state index in [1.807, 2.05) is 26.1 Å². The van der Waals surface area contributed by atoms with Gasteiger partial charge in [-0.25, -0.2) is 0 Å². The summed E-state index contributed by atoms with van der Waals surface area (Å²) in [4.78, 5) is 4.03. The predicted octanol–water partition coefficient (Wildman–Crippen LogP) is 2.04. The second-order valence-corrected chi connectivity index (χ2v) is 1.52. The van der Waals surface area contributed by atoms with Gasteiger partial charge in [0.2, 0.25) is 0 Å². The van der Waals surface area contributed by atoms with Gasteiger partial charge in [-0.1, -0.05) is 12.2 Å². The van der Waals surface area contributed by atoms with Crippen molar-refractivity contribution in [1.82, 2.24) is 0 Å². The molecule has 0 amide bonds. The maximum absolute atomic E-state index is 4.03. The van der Waals surface area contributed by atoms with E-state index in [4.69, 9.17) is 0 Å². The summed E-state index contributed by atoms with van der Waals surface area (Å²) in [7, 11) is 0. The van der Waals surface area contributed by atoms with Crippen LogP contribution in [0.15, 0.2) is 17.1 Å². The van der Waals surface area contributed by atoms with Crippen molar-refractivity contribution >= 4 is 6.21 Å². The van der Waals surface area contributed by atoms with Crippen LogP contribution in [0.2, 0.25) is 0 Å². The number of nitrogens with zero attached hydrogens (tertiary/aromatic N) is 1. The first-order valence-corrected chi connectivity index (χ1v) is 2.97. The molecule has 0 spiro atoms. The largest absolute Gasteiger partial charge is 0.298 e. The molecule has 0 N–H and O–H groups in total. The number of allylic oxidation sites excluding steroid dienone is 1. The minimum atomic E-state index is 0.931. The molecule has 0 radical (unpaired) electrons. The smallest absolute Gasteiger partial charge is 0.0419 e. The average Bonchev–Trinajstić information content (AvgIpc) is 1.81. The van der Waals surface area contributed by atoms with E-state index in [9.17, 15) is 0 Å². The van der Waals surface area contributed by atoms with Crippen LogP contribution in [-0.2, 0) is 0 Å². The molecule has 0 atom stereocenters. The zero-order chi connectivity index (χ0) is 6.24. The molecule has 0 aromatic heterocycles. The highest BCUT2D eigenvalue weighted by molar-refractivity contribution is 5.53. The zero-order valence-corrected chi connectivity index (χ0v) is 5.59. The van der Waals surface area contributed by atoms with E-state index < -0.39 is 0 Å². The van der Waals surface area contributed by atoms with E-state index in [1.165, 1.54) is 0 Å². The summed E-state index contributed by atoms with van der Waals surface area (Å²) in [6.07, 6.45) is 7.07. The molecule has 0 rings (SSSR count). The summed E-state index contributed by atoms with van der Waals surface area (Å²) >= 11 is 0. The Morgan fingerprint density at radius 2 is 2.12 bits per heavy atom. The summed E-state index contributed by atoms with van der Waals surface area (Å²) in [6, 6.07) is 0. The van der Waals surface area contributed by atoms with Gasteiger partial charge in [0.1, 0.15) is 0 Å². The Balaban J connectivity index is 2.93. The molecular weight excluding hydrogens is 98.1 g/mol. The average molecular weight is 111 g/mol. The van der Waals surface area contributed by atoms with Gasteiger partial charge in [0, 0.05) is 6.54 Å². The minimum Gasteiger partial charge on any atom is -0.298 e. The van der Waals surface area contributed by atoms with E-state index in [2.05, 4.69) is 11.1 Å². The topological polar surface area (TPSA) is 12.4 Å². The van der Waals surface area contributed by atoms with Gasteiger partial charge in [0.25, 0.3) is 0 Å². The summed E-state index contributed by atoms with van der Waals surface area (Å²) in [5.41, 5.74) is 0. The van der Waals surface area contributed by atoms with E-state index in [0.29, 0.717) is 0 Å². The van der Waals surface area contributed by atoms with Crippen LogP contribution in [-0.4, -0.2) is 12.8 Å². The van der Waals surface area contributed by atoms with Gasteiger partial charge < -0.3 is 0 Å². The van der Waals surface area contributed by atoms with Crippen molar-refractivity contribution in [3.63, 3.8) is 0 Å². The molecule has 0 saturated heterocycles. The number of hydrogen-bond acceptors (Lipinski definition) is 1. The Morgan fingerprint density at radius 1 is 1.38 bits per heavy atom. The van der Waals surface area contributed by atoms with Gasteiger partial charge in [-0.3, -0.25) is 4.99 Å². The van der Waals surface area contributed by atoms with Crippen molar-refractivity contribution < 1.29 is 0 Å². The Kier molecular flexibility index (Phi) is 5.94. The molecule has 8 heavy (non-hydrogen) atoms. The van der Waals surface area contributed by atoms with E-state index in [-0.39, 0.29) is 0 Å². The molecule has 0 saturated carbocycles. The van der Waals surface area contributed by atoms with Crippen molar-refractivity contribution in [2.24, 2.45) is 4.99 Å². The van der Waals surface area contributed by atoms with Gasteiger partial charge >= 0.3 is 0 Å². The van der Waals surface area contributed by atoms with Gasteiger partial charge in [0.15, 0.2) is 0 Å². The molecule has 0 aromatic rings. The standard InChI is InChI=1S/C7H13N/c1-3-5-6-7-8-4-2/h3-5H,6-7H2,1-2H3/b5-3-,8-4-. The molecule has 1 heteroatoms. The maximum atomic E-state index is 4.03. The molecule has 46 valence electrons. The van der Waals surface area contributed by atoms with Crippen LogP contribution < -0.4 is 0 Å². The molecule has 0 aliphatic heterocycles. The van der Waals surface area contributed by atoms with Crippen molar-refractivity contribution in [1.29, 1.82) is 0 Å². The van der Waals surface area contributed by atoms with Crippen LogP contribution in [0.1, 0.15) is 20.3 Å². The highest BCUT2D eigenvalue weighted by Crippen LogP contribution is 1.81. The normalized spacial score (nSPS) is 11.8. The lowest BCUT2D eigenvalue weighted by Gasteiger charge is -1.82. The number of aliphatic imine (C=N–C) groups is 1. The second kappa shape index (κ2) is 6.41. The molecule has 0 heterocycles. The molecule has 0 aliphatic rings. The van der Waals surface area contributed by atoms with Crippen molar-refractivity contribution in [2.45, 2.75) is 20.3 Å². The fourth-order valence-electron chi connectivity index (χ4n) is 0.445. The highest BCUT2D eigenvalue weighted by Gasteiger charge is 1.70. The number of rotatable bonds is 3. The SMILES string of the molecule is C/C=C\CC/N=C\C. The van der Waals surface area contributed by atoms with E-state index >= 15 is 0 Å². The molecule has 0 fully saturated rings. The first-order valence-electron chi connectivity index (χ1n) is 2.97. The molecule has 1 nitrogen and oxygen atoms in total. The zero-order valence-electron chi connectivity index (χ0n) is 5.59. The Hall–Kier alpha value is -0.590. The summed E-state index contributed by atoms with van der Waals surface area (Å²) in [6.45, 7) is 4.89. The molecule has 0 unspecified atom stereocenters. The Labute approximate surface area is 51.1 Å². The summed E-state index contributed by atoms with van der Waals surface area (Å²) in [5.74, 6) is 0. The Bertz CT molecular complexity index is 70.4. The van der Waals surface area contributed by atoms with Crippen molar-refractivity contribution in [2.75, 3.05) is 6.54 Å². The summed E-state index contributed by atoms with van der Waals surface area (Å²) < 4.78 is 0. The van der Waals surface area contributed by atoms with Gasteiger partial charge in [0.05, 0.1) is 0 Å². The van der Waals surface area contributed by atoms with Crippen molar-refractivity contribution in [3.05, 3.63) is 12.2 Å². The first kappa shape index (κ1) is 7.41. The predicted molar refractivity (Wildman–Crippen MR) is 38.5 cm³/mol. The lowest BCUT2D eigenvalue weighted by Crippen LogP contribution is -1.74. The quantitative estimate of drug-likeness (QED) is 0.300. The lowest BCUT2D eigenvalue weighted by atomic mass is 10.4. The van der Waals surface area contributed by atoms with Crippen LogP contribution in [0.3, 0.4) is 0 Å². The molecule has 0 bridgehead atoms. The third-order valence-corrected chi connectivity index (χ3v) is 0.843. The van der Waals surface area contributed by atoms with Crippen molar-refractivity contribution in [3.8, 4) is 0 Å². The minimum absolute atomic E-state index is 0.931. The van der Waals surface area contributed by atoms with E-state index in [0.717, 1.165) is 13.0 Å². The van der Waals surface area contributed by atoms with Crippen LogP contribution in [0, 0.1) is 0 Å². The van der Waals surface area contributed by atoms with Crippen LogP contribution in [0.25, 0.3) is 0 Å². The van der Waals surface area contributed by atoms with Gasteiger partial charge in [-0.05, 0) is 26.5 Å². The van der Waals surface area contributed by atoms with Crippen LogP contribution >= 0.6 is 0 Å².